The van der Waals surface area contributed by atoms with Gasteiger partial charge >= 0.3 is 0 Å². The molecule has 0 aliphatic carbocycles. The third-order valence-electron chi connectivity index (χ3n) is 6.58. The Morgan fingerprint density at radius 1 is 0.485 bits per heavy atom. The summed E-state index contributed by atoms with van der Waals surface area (Å²) >= 11 is 3.74. The van der Waals surface area contributed by atoms with Crippen LogP contribution in [0.5, 0.6) is 0 Å². The van der Waals surface area contributed by atoms with Crippen LogP contribution in [-0.2, 0) is 5.41 Å². The highest BCUT2D eigenvalue weighted by Gasteiger charge is 2.46. The van der Waals surface area contributed by atoms with Crippen LogP contribution in [0.1, 0.15) is 22.3 Å². The maximum Gasteiger partial charge on any atom is 0.0742 e. The molecule has 5 aromatic carbocycles. The summed E-state index contributed by atoms with van der Waals surface area (Å²) in [5, 5.41) is 0. The first-order valence-corrected chi connectivity index (χ1v) is 12.0. The average molecular weight is 488 g/mol. The van der Waals surface area contributed by atoms with Crippen molar-refractivity contribution in [1.82, 2.24) is 0 Å². The molecule has 5 aromatic rings. The summed E-state index contributed by atoms with van der Waals surface area (Å²) in [5.41, 5.74) is 8.18. The summed E-state index contributed by atoms with van der Waals surface area (Å²) in [6, 6.07) is 47.9. The second kappa shape index (κ2) is 8.06. The van der Waals surface area contributed by atoms with Crippen LogP contribution in [-0.4, -0.2) is 0 Å². The zero-order chi connectivity index (χ0) is 22.3. The fraction of sp³-hybridized carbons (Fsp3) is 0.0323. The van der Waals surface area contributed by atoms with Gasteiger partial charge in [0.1, 0.15) is 0 Å². The highest BCUT2D eigenvalue weighted by Crippen LogP contribution is 2.57. The van der Waals surface area contributed by atoms with Crippen molar-refractivity contribution < 1.29 is 0 Å². The number of nitrogens with zero attached hydrogens (tertiary/aromatic N) is 1. The van der Waals surface area contributed by atoms with E-state index in [0.29, 0.717) is 0 Å². The molecule has 2 heteroatoms. The molecule has 0 spiro atoms. The van der Waals surface area contributed by atoms with Crippen LogP contribution in [0.15, 0.2) is 138 Å². The minimum Gasteiger partial charge on any atom is -0.310 e. The number of benzene rings is 5. The third-order valence-corrected chi connectivity index (χ3v) is 7.07. The van der Waals surface area contributed by atoms with Crippen LogP contribution in [0.3, 0.4) is 0 Å². The Hall–Kier alpha value is -3.62. The lowest BCUT2D eigenvalue weighted by atomic mass is 9.62. The minimum absolute atomic E-state index is 0.441. The zero-order valence-corrected chi connectivity index (χ0v) is 19.6. The number of fused-ring (bicyclic) bond motifs is 2. The molecular formula is C31H22BrN. The van der Waals surface area contributed by atoms with E-state index in [2.05, 4.69) is 154 Å². The van der Waals surface area contributed by atoms with Crippen LogP contribution in [0, 0.1) is 0 Å². The lowest BCUT2D eigenvalue weighted by molar-refractivity contribution is 0.730. The molecule has 1 aliphatic rings. The van der Waals surface area contributed by atoms with Gasteiger partial charge in [-0.2, -0.15) is 0 Å². The van der Waals surface area contributed by atoms with Crippen molar-refractivity contribution in [3.63, 3.8) is 0 Å². The Labute approximate surface area is 203 Å². The second-order valence-corrected chi connectivity index (χ2v) is 9.25. The summed E-state index contributed by atoms with van der Waals surface area (Å²) < 4.78 is 1.08. The number of rotatable bonds is 3. The number of hydrogen-bond acceptors (Lipinski definition) is 1. The fourth-order valence-corrected chi connectivity index (χ4v) is 5.70. The lowest BCUT2D eigenvalue weighted by Crippen LogP contribution is -2.37. The average Bonchev–Trinajstić information content (AvgIpc) is 2.88. The van der Waals surface area contributed by atoms with Gasteiger partial charge in [0, 0.05) is 10.2 Å². The predicted molar refractivity (Wildman–Crippen MR) is 141 cm³/mol. The first-order chi connectivity index (χ1) is 16.3. The highest BCUT2D eigenvalue weighted by molar-refractivity contribution is 9.10. The maximum absolute atomic E-state index is 3.74. The van der Waals surface area contributed by atoms with Crippen molar-refractivity contribution in [3.8, 4) is 0 Å². The first-order valence-electron chi connectivity index (χ1n) is 11.2. The Kier molecular flexibility index (Phi) is 4.89. The van der Waals surface area contributed by atoms with E-state index in [-0.39, 0.29) is 0 Å². The second-order valence-electron chi connectivity index (χ2n) is 8.33. The minimum atomic E-state index is -0.441. The maximum atomic E-state index is 3.74. The summed E-state index contributed by atoms with van der Waals surface area (Å²) in [7, 11) is 0. The molecule has 1 heterocycles. The molecule has 0 N–H and O–H groups in total. The SMILES string of the molecule is Brc1cccc(C2(c3ccccc3)c3ccccc3N(c3ccccc3)c3ccccc32)c1. The Balaban J connectivity index is 1.79. The number of para-hydroxylation sites is 3. The summed E-state index contributed by atoms with van der Waals surface area (Å²) in [4.78, 5) is 2.39. The van der Waals surface area contributed by atoms with E-state index in [1.807, 2.05) is 0 Å². The van der Waals surface area contributed by atoms with Crippen molar-refractivity contribution in [1.29, 1.82) is 0 Å². The molecule has 0 aromatic heterocycles. The van der Waals surface area contributed by atoms with Gasteiger partial charge in [0.2, 0.25) is 0 Å². The smallest absolute Gasteiger partial charge is 0.0742 e. The van der Waals surface area contributed by atoms with E-state index in [1.165, 1.54) is 33.6 Å². The van der Waals surface area contributed by atoms with Gasteiger partial charge in [0.05, 0.1) is 16.8 Å². The van der Waals surface area contributed by atoms with E-state index < -0.39 is 5.41 Å². The predicted octanol–water partition coefficient (Wildman–Crippen LogP) is 8.62. The number of anilines is 3. The molecule has 33 heavy (non-hydrogen) atoms. The van der Waals surface area contributed by atoms with Crippen LogP contribution in [0.4, 0.5) is 17.1 Å². The monoisotopic (exact) mass is 487 g/mol. The van der Waals surface area contributed by atoms with Gasteiger partial charge in [-0.15, -0.1) is 0 Å². The Bertz CT molecular complexity index is 1380. The van der Waals surface area contributed by atoms with Crippen LogP contribution >= 0.6 is 15.9 Å². The summed E-state index contributed by atoms with van der Waals surface area (Å²) in [5.74, 6) is 0. The van der Waals surface area contributed by atoms with Gasteiger partial charge in [-0.1, -0.05) is 113 Å². The van der Waals surface area contributed by atoms with E-state index in [4.69, 9.17) is 0 Å². The molecule has 158 valence electrons. The summed E-state index contributed by atoms with van der Waals surface area (Å²) in [6.07, 6.45) is 0. The molecule has 1 nitrogen and oxygen atoms in total. The van der Waals surface area contributed by atoms with Gasteiger partial charge in [-0.25, -0.2) is 0 Å². The lowest BCUT2D eigenvalue weighted by Gasteiger charge is -2.46. The highest BCUT2D eigenvalue weighted by atomic mass is 79.9. The molecule has 0 bridgehead atoms. The normalized spacial score (nSPS) is 13.8. The Morgan fingerprint density at radius 2 is 1.00 bits per heavy atom. The molecular weight excluding hydrogens is 466 g/mol. The quantitative estimate of drug-likeness (QED) is 0.241. The van der Waals surface area contributed by atoms with Gasteiger partial charge in [0.25, 0.3) is 0 Å². The van der Waals surface area contributed by atoms with Crippen LogP contribution in [0.2, 0.25) is 0 Å². The van der Waals surface area contributed by atoms with Gasteiger partial charge in [-0.05, 0) is 58.7 Å². The Morgan fingerprint density at radius 3 is 1.61 bits per heavy atom. The van der Waals surface area contributed by atoms with Crippen molar-refractivity contribution in [2.75, 3.05) is 4.90 Å². The van der Waals surface area contributed by atoms with Crippen molar-refractivity contribution >= 4 is 33.0 Å². The van der Waals surface area contributed by atoms with Crippen LogP contribution in [0.25, 0.3) is 0 Å². The van der Waals surface area contributed by atoms with Gasteiger partial charge in [0.15, 0.2) is 0 Å². The van der Waals surface area contributed by atoms with Crippen molar-refractivity contribution in [3.05, 3.63) is 160 Å². The molecule has 0 fully saturated rings. The molecule has 0 saturated heterocycles. The van der Waals surface area contributed by atoms with Crippen molar-refractivity contribution in [2.24, 2.45) is 0 Å². The standard InChI is InChI=1S/C31H22BrN/c32-25-15-11-14-24(22-25)31(23-12-3-1-4-13-23)27-18-7-9-20-29(27)33(26-16-5-2-6-17-26)30-21-10-8-19-28(30)31/h1-22H. The van der Waals surface area contributed by atoms with E-state index >= 15 is 0 Å². The molecule has 6 rings (SSSR count). The van der Waals surface area contributed by atoms with E-state index in [1.54, 1.807) is 0 Å². The molecule has 0 amide bonds. The molecule has 0 radical (unpaired) electrons. The fourth-order valence-electron chi connectivity index (χ4n) is 5.30. The van der Waals surface area contributed by atoms with Gasteiger partial charge in [-0.3, -0.25) is 0 Å². The largest absolute Gasteiger partial charge is 0.310 e. The summed E-state index contributed by atoms with van der Waals surface area (Å²) in [6.45, 7) is 0. The third kappa shape index (κ3) is 3.06. The molecule has 0 saturated carbocycles. The topological polar surface area (TPSA) is 3.24 Å². The number of hydrogen-bond donors (Lipinski definition) is 0. The van der Waals surface area contributed by atoms with Gasteiger partial charge < -0.3 is 4.90 Å². The first kappa shape index (κ1) is 20.0. The van der Waals surface area contributed by atoms with Crippen molar-refractivity contribution in [2.45, 2.75) is 5.41 Å². The van der Waals surface area contributed by atoms with Crippen LogP contribution < -0.4 is 4.90 Å². The number of halogens is 1. The molecule has 0 atom stereocenters. The molecule has 0 unspecified atom stereocenters. The van der Waals surface area contributed by atoms with E-state index in [9.17, 15) is 0 Å². The molecule has 1 aliphatic heterocycles. The zero-order valence-electron chi connectivity index (χ0n) is 18.0. The van der Waals surface area contributed by atoms with E-state index in [0.717, 1.165) is 10.2 Å².